The molecule has 0 N–H and O–H groups in total. The number of rotatable bonds is 7. The zero-order chi connectivity index (χ0) is 29.4. The van der Waals surface area contributed by atoms with Crippen LogP contribution in [0.2, 0.25) is 5.02 Å². The molecule has 9 heteroatoms. The lowest BCUT2D eigenvalue weighted by Crippen LogP contribution is -2.40. The van der Waals surface area contributed by atoms with Gasteiger partial charge in [-0.25, -0.2) is 9.79 Å². The van der Waals surface area contributed by atoms with Gasteiger partial charge in [-0.3, -0.25) is 9.36 Å². The van der Waals surface area contributed by atoms with Crippen LogP contribution in [0.3, 0.4) is 0 Å². The van der Waals surface area contributed by atoms with Crippen LogP contribution in [-0.2, 0) is 16.1 Å². The fourth-order valence-corrected chi connectivity index (χ4v) is 6.48. The van der Waals surface area contributed by atoms with Gasteiger partial charge in [0.2, 0.25) is 0 Å². The molecule has 1 atom stereocenters. The number of fused-ring (bicyclic) bond motifs is 2. The van der Waals surface area contributed by atoms with E-state index in [-0.39, 0.29) is 12.2 Å². The number of esters is 1. The third-order valence-electron chi connectivity index (χ3n) is 7.32. The van der Waals surface area contributed by atoms with E-state index in [1.807, 2.05) is 66.7 Å². The summed E-state index contributed by atoms with van der Waals surface area (Å²) < 4.78 is 15.0. The zero-order valence-corrected chi connectivity index (χ0v) is 24.9. The van der Waals surface area contributed by atoms with Crippen LogP contribution in [0.4, 0.5) is 0 Å². The maximum Gasteiger partial charge on any atom is 0.338 e. The van der Waals surface area contributed by atoms with Gasteiger partial charge < -0.3 is 14.0 Å². The van der Waals surface area contributed by atoms with Crippen molar-refractivity contribution in [2.45, 2.75) is 26.4 Å². The van der Waals surface area contributed by atoms with Crippen molar-refractivity contribution in [1.29, 1.82) is 0 Å². The van der Waals surface area contributed by atoms with E-state index in [9.17, 15) is 9.59 Å². The van der Waals surface area contributed by atoms with Crippen LogP contribution < -0.4 is 19.6 Å². The molecule has 5 aromatic rings. The van der Waals surface area contributed by atoms with Gasteiger partial charge in [-0.05, 0) is 67.4 Å². The fraction of sp³-hybridized carbons (Fsp3) is 0.182. The largest absolute Gasteiger partial charge is 0.497 e. The molecule has 42 heavy (non-hydrogen) atoms. The van der Waals surface area contributed by atoms with E-state index in [0.29, 0.717) is 37.9 Å². The molecule has 0 spiro atoms. The van der Waals surface area contributed by atoms with Crippen molar-refractivity contribution >= 4 is 45.9 Å². The number of carbonyl (C=O) groups excluding carboxylic acids is 1. The van der Waals surface area contributed by atoms with E-state index >= 15 is 0 Å². The van der Waals surface area contributed by atoms with Crippen LogP contribution in [0.15, 0.2) is 99.9 Å². The number of benzene rings is 3. The van der Waals surface area contributed by atoms with Crippen molar-refractivity contribution in [2.75, 3.05) is 13.7 Å². The Balaban J connectivity index is 1.53. The predicted molar refractivity (Wildman–Crippen MR) is 166 cm³/mol. The second kappa shape index (κ2) is 11.5. The first kappa shape index (κ1) is 27.8. The van der Waals surface area contributed by atoms with E-state index in [0.717, 1.165) is 27.7 Å². The predicted octanol–water partition coefficient (Wildman–Crippen LogP) is 5.46. The molecule has 1 aliphatic rings. The smallest absolute Gasteiger partial charge is 0.338 e. The lowest BCUT2D eigenvalue weighted by atomic mass is 9.96. The molecule has 0 aliphatic carbocycles. The number of thiazole rings is 1. The molecule has 3 heterocycles. The van der Waals surface area contributed by atoms with Gasteiger partial charge in [-0.1, -0.05) is 65.4 Å². The Kier molecular flexibility index (Phi) is 7.58. The zero-order valence-electron chi connectivity index (χ0n) is 23.3. The third kappa shape index (κ3) is 5.08. The highest BCUT2D eigenvalue weighted by molar-refractivity contribution is 7.07. The summed E-state index contributed by atoms with van der Waals surface area (Å²) in [6.07, 6.45) is 1.91. The first-order chi connectivity index (χ1) is 20.4. The molecule has 1 aliphatic heterocycles. The molecular formula is C33H28ClN3O4S. The van der Waals surface area contributed by atoms with Gasteiger partial charge >= 0.3 is 5.97 Å². The Hall–Kier alpha value is -4.40. The summed E-state index contributed by atoms with van der Waals surface area (Å²) in [5.41, 5.74) is 4.44. The van der Waals surface area contributed by atoms with Gasteiger partial charge in [0.1, 0.15) is 5.75 Å². The van der Waals surface area contributed by atoms with E-state index < -0.39 is 12.0 Å². The van der Waals surface area contributed by atoms with E-state index in [2.05, 4.69) is 22.8 Å². The topological polar surface area (TPSA) is 74.8 Å². The van der Waals surface area contributed by atoms with Crippen molar-refractivity contribution < 1.29 is 14.3 Å². The summed E-state index contributed by atoms with van der Waals surface area (Å²) in [4.78, 5) is 32.5. The van der Waals surface area contributed by atoms with Gasteiger partial charge in [0, 0.05) is 28.2 Å². The molecular weight excluding hydrogens is 570 g/mol. The molecule has 0 bridgehead atoms. The van der Waals surface area contributed by atoms with Gasteiger partial charge in [0.25, 0.3) is 5.56 Å². The second-order valence-electron chi connectivity index (χ2n) is 9.92. The Morgan fingerprint density at radius 2 is 1.81 bits per heavy atom. The van der Waals surface area contributed by atoms with Gasteiger partial charge in [-0.15, -0.1) is 0 Å². The highest BCUT2D eigenvalue weighted by atomic mass is 35.5. The molecule has 212 valence electrons. The molecule has 0 fully saturated rings. The summed E-state index contributed by atoms with van der Waals surface area (Å²) in [6, 6.07) is 24.7. The third-order valence-corrected chi connectivity index (χ3v) is 8.56. The molecule has 0 saturated carbocycles. The monoisotopic (exact) mass is 597 g/mol. The SMILES string of the molecule is CCOC(=O)C1=C(C)N=c2sc(=Cc3cc4ccccc4n3Cc3ccc(Cl)cc3)c(=O)n2[C@@H]1c1ccc(OC)cc1. The number of nitrogens with zero attached hydrogens (tertiary/aromatic N) is 3. The van der Waals surface area contributed by atoms with Crippen molar-refractivity contribution in [1.82, 2.24) is 9.13 Å². The number of hydrogen-bond donors (Lipinski definition) is 0. The summed E-state index contributed by atoms with van der Waals surface area (Å²) >= 11 is 7.43. The number of allylic oxidation sites excluding steroid dienone is 1. The molecule has 0 amide bonds. The number of carbonyl (C=O) groups is 1. The molecule has 0 saturated heterocycles. The average Bonchev–Trinajstić information content (AvgIpc) is 3.49. The van der Waals surface area contributed by atoms with Crippen LogP contribution in [0, 0.1) is 0 Å². The summed E-state index contributed by atoms with van der Waals surface area (Å²) in [5.74, 6) is 0.190. The molecule has 6 rings (SSSR count). The Bertz CT molecular complexity index is 2020. The molecule has 3 aromatic carbocycles. The minimum atomic E-state index is -0.687. The number of ether oxygens (including phenoxy) is 2. The van der Waals surface area contributed by atoms with Crippen LogP contribution in [0.1, 0.15) is 36.7 Å². The van der Waals surface area contributed by atoms with Gasteiger partial charge in [-0.2, -0.15) is 0 Å². The second-order valence-corrected chi connectivity index (χ2v) is 11.4. The van der Waals surface area contributed by atoms with Crippen LogP contribution in [0.5, 0.6) is 5.75 Å². The highest BCUT2D eigenvalue weighted by Crippen LogP contribution is 2.31. The molecule has 2 aromatic heterocycles. The van der Waals surface area contributed by atoms with Crippen molar-refractivity contribution in [3.63, 3.8) is 0 Å². The van der Waals surface area contributed by atoms with Crippen molar-refractivity contribution in [2.24, 2.45) is 4.99 Å². The number of halogens is 1. The number of hydrogen-bond acceptors (Lipinski definition) is 6. The van der Waals surface area contributed by atoms with Crippen LogP contribution >= 0.6 is 22.9 Å². The standard InChI is InChI=1S/C33H28ClN3O4S/c1-4-41-32(39)29-20(2)35-33-37(30(29)22-11-15-26(40-3)16-12-22)31(38)28(42-33)18-25-17-23-7-5-6-8-27(23)36(25)19-21-9-13-24(34)14-10-21/h5-18,30H,4,19H2,1-3H3/t30-/m1/s1. The number of methoxy groups -OCH3 is 1. The van der Waals surface area contributed by atoms with Gasteiger partial charge in [0.05, 0.1) is 35.6 Å². The summed E-state index contributed by atoms with van der Waals surface area (Å²) in [6.45, 7) is 4.36. The van der Waals surface area contributed by atoms with E-state index in [1.54, 1.807) is 25.5 Å². The highest BCUT2D eigenvalue weighted by Gasteiger charge is 2.33. The number of aromatic nitrogens is 2. The lowest BCUT2D eigenvalue weighted by molar-refractivity contribution is -0.139. The number of para-hydroxylation sites is 1. The normalized spacial score (nSPS) is 15.0. The van der Waals surface area contributed by atoms with Crippen molar-refractivity contribution in [3.8, 4) is 5.75 Å². The Morgan fingerprint density at radius 1 is 1.07 bits per heavy atom. The van der Waals surface area contributed by atoms with Crippen molar-refractivity contribution in [3.05, 3.63) is 132 Å². The lowest BCUT2D eigenvalue weighted by Gasteiger charge is -2.24. The van der Waals surface area contributed by atoms with E-state index in [1.165, 1.54) is 11.3 Å². The summed E-state index contributed by atoms with van der Waals surface area (Å²) in [7, 11) is 1.60. The average molecular weight is 598 g/mol. The fourth-order valence-electron chi connectivity index (χ4n) is 5.33. The quantitative estimate of drug-likeness (QED) is 0.233. The Morgan fingerprint density at radius 3 is 2.52 bits per heavy atom. The van der Waals surface area contributed by atoms with Crippen LogP contribution in [-0.4, -0.2) is 28.8 Å². The minimum absolute atomic E-state index is 0.216. The Labute approximate surface area is 251 Å². The maximum atomic E-state index is 14.1. The first-order valence-electron chi connectivity index (χ1n) is 13.5. The molecule has 0 radical (unpaired) electrons. The van der Waals surface area contributed by atoms with Gasteiger partial charge in [0.15, 0.2) is 4.80 Å². The van der Waals surface area contributed by atoms with E-state index in [4.69, 9.17) is 26.1 Å². The minimum Gasteiger partial charge on any atom is -0.497 e. The first-order valence-corrected chi connectivity index (χ1v) is 14.7. The molecule has 0 unspecified atom stereocenters. The maximum absolute atomic E-state index is 14.1. The summed E-state index contributed by atoms with van der Waals surface area (Å²) in [5, 5.41) is 1.75. The van der Waals surface area contributed by atoms with Crippen LogP contribution in [0.25, 0.3) is 17.0 Å². The molecule has 7 nitrogen and oxygen atoms in total.